The van der Waals surface area contributed by atoms with Gasteiger partial charge in [-0.3, -0.25) is 4.79 Å². The van der Waals surface area contributed by atoms with Gasteiger partial charge in [-0.15, -0.1) is 0 Å². The monoisotopic (exact) mass is 315 g/mol. The van der Waals surface area contributed by atoms with Gasteiger partial charge in [0.2, 0.25) is 15.9 Å². The zero-order chi connectivity index (χ0) is 15.6. The second-order valence-electron chi connectivity index (χ2n) is 5.58. The number of carbonyl (C=O) groups is 1. The summed E-state index contributed by atoms with van der Waals surface area (Å²) in [6.07, 6.45) is 4.51. The van der Waals surface area contributed by atoms with Crippen molar-refractivity contribution in [2.75, 3.05) is 40.0 Å². The van der Waals surface area contributed by atoms with Crippen LogP contribution in [0.2, 0.25) is 0 Å². The van der Waals surface area contributed by atoms with Crippen molar-refractivity contribution < 1.29 is 13.2 Å². The van der Waals surface area contributed by atoms with Gasteiger partial charge < -0.3 is 14.4 Å². The summed E-state index contributed by atoms with van der Waals surface area (Å²) < 4.78 is 26.9. The van der Waals surface area contributed by atoms with Crippen LogP contribution in [-0.4, -0.2) is 73.7 Å². The van der Waals surface area contributed by atoms with Crippen LogP contribution in [0.3, 0.4) is 0 Å². The average molecular weight is 315 g/mol. The molecule has 1 unspecified atom stereocenters. The Bertz CT molecular complexity index is 610. The van der Waals surface area contributed by atoms with Crippen LogP contribution in [0.25, 0.3) is 0 Å². The molecule has 0 radical (unpaired) electrons. The Balaban J connectivity index is 2.12. The largest absolute Gasteiger partial charge is 0.334 e. The summed E-state index contributed by atoms with van der Waals surface area (Å²) in [6.45, 7) is 1.55. The van der Waals surface area contributed by atoms with E-state index >= 15 is 0 Å². The molecule has 1 atom stereocenters. The fraction of sp³-hybridized carbons (Fsp3) is 0.667. The molecule has 9 heteroatoms. The minimum Gasteiger partial charge on any atom is -0.334 e. The maximum absolute atomic E-state index is 12.2. The standard InChI is InChI=1S/C12H21N5O3S/c1-15(2)8-12(18)16-6-10-4-13-9-17(10)11(7-16)5-14-21(3,19)20/h4,9,11,14H,5-8H2,1-3H3. The number of rotatable bonds is 5. The Kier molecular flexibility index (Phi) is 4.64. The van der Waals surface area contributed by atoms with E-state index in [0.717, 1.165) is 11.9 Å². The van der Waals surface area contributed by atoms with Crippen molar-refractivity contribution in [2.24, 2.45) is 0 Å². The number of aromatic nitrogens is 2. The van der Waals surface area contributed by atoms with Crippen molar-refractivity contribution in [1.82, 2.24) is 24.1 Å². The van der Waals surface area contributed by atoms with Crippen LogP contribution in [-0.2, 0) is 21.4 Å². The summed E-state index contributed by atoms with van der Waals surface area (Å²) in [4.78, 5) is 19.9. The van der Waals surface area contributed by atoms with E-state index in [-0.39, 0.29) is 18.5 Å². The third-order valence-corrected chi connectivity index (χ3v) is 4.00. The SMILES string of the molecule is CN(C)CC(=O)N1Cc2cncn2C(CNS(C)(=O)=O)C1. The van der Waals surface area contributed by atoms with Crippen molar-refractivity contribution in [3.05, 3.63) is 18.2 Å². The lowest BCUT2D eigenvalue weighted by atomic mass is 10.2. The summed E-state index contributed by atoms with van der Waals surface area (Å²) in [6, 6.07) is -0.142. The Labute approximate surface area is 124 Å². The van der Waals surface area contributed by atoms with Crippen LogP contribution < -0.4 is 4.72 Å². The molecular weight excluding hydrogens is 294 g/mol. The predicted octanol–water partition coefficient (Wildman–Crippen LogP) is -1.12. The Hall–Kier alpha value is -1.45. The number of amides is 1. The predicted molar refractivity (Wildman–Crippen MR) is 78.1 cm³/mol. The van der Waals surface area contributed by atoms with Gasteiger partial charge in [-0.25, -0.2) is 18.1 Å². The number of fused-ring (bicyclic) bond motifs is 1. The quantitative estimate of drug-likeness (QED) is 0.743. The third kappa shape index (κ3) is 4.26. The molecule has 0 fully saturated rings. The highest BCUT2D eigenvalue weighted by Gasteiger charge is 2.28. The zero-order valence-corrected chi connectivity index (χ0v) is 13.3. The van der Waals surface area contributed by atoms with Gasteiger partial charge in [0.05, 0.1) is 37.4 Å². The summed E-state index contributed by atoms with van der Waals surface area (Å²) in [7, 11) is 0.423. The molecule has 0 aromatic carbocycles. The first-order valence-electron chi connectivity index (χ1n) is 6.64. The van der Waals surface area contributed by atoms with Gasteiger partial charge in [0.1, 0.15) is 0 Å². The van der Waals surface area contributed by atoms with Gasteiger partial charge in [0.15, 0.2) is 0 Å². The number of carbonyl (C=O) groups excluding carboxylic acids is 1. The molecule has 8 nitrogen and oxygen atoms in total. The molecule has 1 aromatic heterocycles. The summed E-state index contributed by atoms with van der Waals surface area (Å²) in [5, 5.41) is 0. The third-order valence-electron chi connectivity index (χ3n) is 3.31. The van der Waals surface area contributed by atoms with Gasteiger partial charge in [0, 0.05) is 19.3 Å². The summed E-state index contributed by atoms with van der Waals surface area (Å²) >= 11 is 0. The van der Waals surface area contributed by atoms with Crippen LogP contribution in [0.15, 0.2) is 12.5 Å². The van der Waals surface area contributed by atoms with Crippen molar-refractivity contribution in [3.63, 3.8) is 0 Å². The van der Waals surface area contributed by atoms with E-state index in [4.69, 9.17) is 0 Å². The molecule has 2 rings (SSSR count). The second-order valence-corrected chi connectivity index (χ2v) is 7.41. The number of hydrogen-bond donors (Lipinski definition) is 1. The Morgan fingerprint density at radius 1 is 1.52 bits per heavy atom. The maximum Gasteiger partial charge on any atom is 0.237 e. The molecule has 0 saturated heterocycles. The molecule has 2 heterocycles. The van der Waals surface area contributed by atoms with Crippen LogP contribution in [0, 0.1) is 0 Å². The number of hydrogen-bond acceptors (Lipinski definition) is 5. The Morgan fingerprint density at radius 3 is 2.86 bits per heavy atom. The molecule has 0 aliphatic carbocycles. The van der Waals surface area contributed by atoms with Crippen molar-refractivity contribution in [1.29, 1.82) is 0 Å². The first-order valence-corrected chi connectivity index (χ1v) is 8.53. The van der Waals surface area contributed by atoms with Crippen molar-refractivity contribution in [3.8, 4) is 0 Å². The van der Waals surface area contributed by atoms with Gasteiger partial charge in [-0.2, -0.15) is 0 Å². The minimum atomic E-state index is -3.26. The molecule has 0 spiro atoms. The molecular formula is C12H21N5O3S. The molecule has 21 heavy (non-hydrogen) atoms. The lowest BCUT2D eigenvalue weighted by Crippen LogP contribution is -2.46. The highest BCUT2D eigenvalue weighted by atomic mass is 32.2. The fourth-order valence-corrected chi connectivity index (χ4v) is 2.85. The number of imidazole rings is 1. The van der Waals surface area contributed by atoms with Gasteiger partial charge in [0.25, 0.3) is 0 Å². The topological polar surface area (TPSA) is 87.5 Å². The minimum absolute atomic E-state index is 0.0248. The van der Waals surface area contributed by atoms with Gasteiger partial charge in [-0.1, -0.05) is 0 Å². The lowest BCUT2D eigenvalue weighted by Gasteiger charge is -2.35. The molecule has 0 bridgehead atoms. The fourth-order valence-electron chi connectivity index (χ4n) is 2.36. The van der Waals surface area contributed by atoms with E-state index < -0.39 is 10.0 Å². The van der Waals surface area contributed by atoms with Crippen molar-refractivity contribution in [2.45, 2.75) is 12.6 Å². The highest BCUT2D eigenvalue weighted by molar-refractivity contribution is 7.88. The maximum atomic E-state index is 12.2. The zero-order valence-electron chi connectivity index (χ0n) is 12.5. The summed E-state index contributed by atoms with van der Waals surface area (Å²) in [5.74, 6) is 0.0248. The van der Waals surface area contributed by atoms with Crippen LogP contribution in [0.4, 0.5) is 0 Å². The number of nitrogens with zero attached hydrogens (tertiary/aromatic N) is 4. The van der Waals surface area contributed by atoms with E-state index in [1.54, 1.807) is 17.4 Å². The van der Waals surface area contributed by atoms with E-state index in [1.807, 2.05) is 23.6 Å². The molecule has 118 valence electrons. The molecule has 1 amide bonds. The highest BCUT2D eigenvalue weighted by Crippen LogP contribution is 2.20. The second kappa shape index (κ2) is 6.12. The number of nitrogens with one attached hydrogen (secondary N) is 1. The lowest BCUT2D eigenvalue weighted by molar-refractivity contribution is -0.133. The first kappa shape index (κ1) is 15.9. The molecule has 1 aliphatic heterocycles. The smallest absolute Gasteiger partial charge is 0.237 e. The van der Waals surface area contributed by atoms with Gasteiger partial charge >= 0.3 is 0 Å². The molecule has 0 saturated carbocycles. The van der Waals surface area contributed by atoms with Crippen LogP contribution >= 0.6 is 0 Å². The summed E-state index contributed by atoms with van der Waals surface area (Å²) in [5.41, 5.74) is 0.911. The van der Waals surface area contributed by atoms with Crippen LogP contribution in [0.1, 0.15) is 11.7 Å². The average Bonchev–Trinajstić information content (AvgIpc) is 2.82. The van der Waals surface area contributed by atoms with E-state index in [2.05, 4.69) is 9.71 Å². The van der Waals surface area contributed by atoms with Crippen molar-refractivity contribution >= 4 is 15.9 Å². The number of likely N-dealkylation sites (N-methyl/N-ethyl adjacent to an activating group) is 1. The number of sulfonamides is 1. The van der Waals surface area contributed by atoms with Gasteiger partial charge in [-0.05, 0) is 14.1 Å². The van der Waals surface area contributed by atoms with E-state index in [1.165, 1.54) is 0 Å². The van der Waals surface area contributed by atoms with Crippen LogP contribution in [0.5, 0.6) is 0 Å². The normalized spacial score (nSPS) is 18.9. The van der Waals surface area contributed by atoms with E-state index in [9.17, 15) is 13.2 Å². The van der Waals surface area contributed by atoms with E-state index in [0.29, 0.717) is 19.6 Å². The first-order chi connectivity index (χ1) is 9.76. The Morgan fingerprint density at radius 2 is 2.24 bits per heavy atom. The molecule has 1 aromatic rings. The molecule has 1 N–H and O–H groups in total. The molecule has 1 aliphatic rings.